The quantitative estimate of drug-likeness (QED) is 0.131. The van der Waals surface area contributed by atoms with Crippen LogP contribution < -0.4 is 0 Å². The van der Waals surface area contributed by atoms with E-state index in [9.17, 15) is 0 Å². The van der Waals surface area contributed by atoms with Gasteiger partial charge in [0.25, 0.3) is 0 Å². The van der Waals surface area contributed by atoms with Gasteiger partial charge >= 0.3 is 37.9 Å². The van der Waals surface area contributed by atoms with Crippen molar-refractivity contribution < 1.29 is 20.8 Å². The van der Waals surface area contributed by atoms with Gasteiger partial charge in [-0.1, -0.05) is 111 Å². The van der Waals surface area contributed by atoms with Gasteiger partial charge in [0.2, 0.25) is 0 Å². The van der Waals surface area contributed by atoms with E-state index in [1.807, 2.05) is 0 Å². The second-order valence-corrected chi connectivity index (χ2v) is 14.4. The molecule has 202 valence electrons. The minimum absolute atomic E-state index is 0.826. The molecule has 0 saturated carbocycles. The molecule has 0 heterocycles. The third-order valence-electron chi connectivity index (χ3n) is 6.72. The minimum atomic E-state index is -0.826. The van der Waals surface area contributed by atoms with Crippen LogP contribution in [0, 0.1) is 13.8 Å². The van der Waals surface area contributed by atoms with Crippen molar-refractivity contribution in [3.8, 4) is 0 Å². The first-order chi connectivity index (χ1) is 19.5. The Hall–Kier alpha value is -2.22. The van der Waals surface area contributed by atoms with Gasteiger partial charge in [0.15, 0.2) is 0 Å². The molecule has 0 saturated heterocycles. The van der Waals surface area contributed by atoms with Crippen LogP contribution in [0.2, 0.25) is 13.1 Å². The zero-order chi connectivity index (χ0) is 28.7. The van der Waals surface area contributed by atoms with Crippen molar-refractivity contribution in [1.29, 1.82) is 0 Å². The number of fused-ring (bicyclic) bond motifs is 2. The fraction of sp³-hybridized carbons (Fsp3) is 0.167. The Kier molecular flexibility index (Phi) is 14.2. The molecule has 6 aromatic rings. The van der Waals surface area contributed by atoms with Crippen LogP contribution in [-0.2, 0) is 33.7 Å². The second kappa shape index (κ2) is 17.6. The van der Waals surface area contributed by atoms with E-state index in [1.165, 1.54) is 54.9 Å². The number of benzene rings is 4. The Bertz CT molecular complexity index is 1430. The summed E-state index contributed by atoms with van der Waals surface area (Å²) in [4.78, 5) is 0. The Morgan fingerprint density at radius 1 is 0.550 bits per heavy atom. The maximum atomic E-state index is 4.93. The van der Waals surface area contributed by atoms with Crippen LogP contribution >= 0.6 is 17.0 Å². The number of hydrogen-bond acceptors (Lipinski definition) is 0. The van der Waals surface area contributed by atoms with E-state index in [0.717, 1.165) is 22.4 Å². The van der Waals surface area contributed by atoms with Gasteiger partial charge in [0.05, 0.1) is 0 Å². The summed E-state index contributed by atoms with van der Waals surface area (Å²) < 4.78 is 0. The normalized spacial score (nSPS) is 9.95. The van der Waals surface area contributed by atoms with Gasteiger partial charge in [-0.2, -0.15) is 12.1 Å². The molecule has 0 N–H and O–H groups in total. The maximum absolute atomic E-state index is 4.93. The SMILES string of the molecule is C[Si]C.Cc1cc2ccccc2[c-]1Cc1ccccc1.Cc1cc2ccccc2[c-]1Cc1ccccc1.[Cl][Zr+2][Cl]. The van der Waals surface area contributed by atoms with Crippen LogP contribution in [0.4, 0.5) is 0 Å². The van der Waals surface area contributed by atoms with Crippen LogP contribution in [0.15, 0.2) is 121 Å². The van der Waals surface area contributed by atoms with Crippen LogP contribution in [0.25, 0.3) is 21.5 Å². The van der Waals surface area contributed by atoms with Crippen molar-refractivity contribution in [3.63, 3.8) is 0 Å². The molecule has 0 nitrogen and oxygen atoms in total. The van der Waals surface area contributed by atoms with E-state index in [2.05, 4.69) is 148 Å². The average molecular weight is 659 g/mol. The van der Waals surface area contributed by atoms with Crippen molar-refractivity contribution in [2.75, 3.05) is 0 Å². The fourth-order valence-corrected chi connectivity index (χ4v) is 4.93. The van der Waals surface area contributed by atoms with Crippen LogP contribution in [0.1, 0.15) is 33.4 Å². The monoisotopic (exact) mass is 656 g/mol. The molecule has 0 bridgehead atoms. The van der Waals surface area contributed by atoms with E-state index in [0.29, 0.717) is 0 Å². The molecule has 0 aliphatic carbocycles. The molecule has 0 aliphatic rings. The average Bonchev–Trinajstić information content (AvgIpc) is 3.46. The van der Waals surface area contributed by atoms with E-state index in [1.54, 1.807) is 0 Å². The standard InChI is InChI=1S/2C17H15.C2H6Si.2ClH.Zr/c2*1-13-11-15-9-5-6-10-16(15)17(13)12-14-7-3-2-4-8-14;1-3-2;;;/h2*2-11H,12H2,1H3;1-2H3;2*1H;/q2*-1;;;;+4/p-2. The van der Waals surface area contributed by atoms with Crippen LogP contribution in [0.3, 0.4) is 0 Å². The van der Waals surface area contributed by atoms with Gasteiger partial charge in [0, 0.05) is 9.52 Å². The fourth-order valence-electron chi connectivity index (χ4n) is 4.93. The second-order valence-electron chi connectivity index (χ2n) is 9.68. The zero-order valence-corrected chi connectivity index (χ0v) is 28.7. The molecular weight excluding hydrogens is 623 g/mol. The molecule has 0 unspecified atom stereocenters. The molecule has 0 amide bonds. The summed E-state index contributed by atoms with van der Waals surface area (Å²) in [6.07, 6.45) is 2.06. The van der Waals surface area contributed by atoms with E-state index in [4.69, 9.17) is 17.0 Å². The van der Waals surface area contributed by atoms with Crippen molar-refractivity contribution >= 4 is 48.1 Å². The molecule has 0 fully saturated rings. The molecular formula is C36H36Cl2SiZr. The summed E-state index contributed by atoms with van der Waals surface area (Å²) in [5.41, 5.74) is 8.49. The molecule has 40 heavy (non-hydrogen) atoms. The summed E-state index contributed by atoms with van der Waals surface area (Å²) in [5, 5.41) is 5.51. The van der Waals surface area contributed by atoms with Crippen LogP contribution in [0.5, 0.6) is 0 Å². The first-order valence-electron chi connectivity index (χ1n) is 13.4. The predicted octanol–water partition coefficient (Wildman–Crippen LogP) is 11.1. The first-order valence-corrected chi connectivity index (χ1v) is 21.8. The number of halogens is 2. The summed E-state index contributed by atoms with van der Waals surface area (Å²) >= 11 is -0.826. The van der Waals surface area contributed by atoms with Crippen molar-refractivity contribution in [1.82, 2.24) is 0 Å². The van der Waals surface area contributed by atoms with Gasteiger partial charge in [-0.05, 0) is 12.8 Å². The van der Waals surface area contributed by atoms with E-state index < -0.39 is 20.8 Å². The topological polar surface area (TPSA) is 0 Å². The summed E-state index contributed by atoms with van der Waals surface area (Å²) in [6, 6.07) is 43.2. The van der Waals surface area contributed by atoms with Crippen molar-refractivity contribution in [2.24, 2.45) is 0 Å². The zero-order valence-electron chi connectivity index (χ0n) is 23.7. The Morgan fingerprint density at radius 2 is 0.850 bits per heavy atom. The van der Waals surface area contributed by atoms with E-state index >= 15 is 0 Å². The first kappa shape index (κ1) is 32.3. The third kappa shape index (κ3) is 9.42. The molecule has 6 rings (SSSR count). The van der Waals surface area contributed by atoms with Gasteiger partial charge in [-0.3, -0.25) is 0 Å². The third-order valence-corrected chi connectivity index (χ3v) is 6.72. The molecule has 0 aromatic heterocycles. The van der Waals surface area contributed by atoms with Crippen LogP contribution in [-0.4, -0.2) is 9.52 Å². The Morgan fingerprint density at radius 3 is 1.20 bits per heavy atom. The Balaban J connectivity index is 0.000000185. The van der Waals surface area contributed by atoms with Gasteiger partial charge in [0.1, 0.15) is 0 Å². The predicted molar refractivity (Wildman–Crippen MR) is 176 cm³/mol. The van der Waals surface area contributed by atoms with Gasteiger partial charge in [-0.25, -0.2) is 0 Å². The van der Waals surface area contributed by atoms with Gasteiger partial charge in [-0.15, -0.1) is 80.2 Å². The number of aryl methyl sites for hydroxylation is 2. The molecule has 4 heteroatoms. The summed E-state index contributed by atoms with van der Waals surface area (Å²) in [5.74, 6) is 0. The van der Waals surface area contributed by atoms with Crippen molar-refractivity contribution in [2.45, 2.75) is 39.8 Å². The molecule has 0 spiro atoms. The molecule has 6 aromatic carbocycles. The van der Waals surface area contributed by atoms with Crippen molar-refractivity contribution in [3.05, 3.63) is 155 Å². The molecule has 2 radical (unpaired) electrons. The molecule has 0 atom stereocenters. The summed E-state index contributed by atoms with van der Waals surface area (Å²) in [7, 11) is 11.0. The van der Waals surface area contributed by atoms with E-state index in [-0.39, 0.29) is 0 Å². The number of rotatable bonds is 4. The summed E-state index contributed by atoms with van der Waals surface area (Å²) in [6.45, 7) is 8.72. The Labute approximate surface area is 261 Å². The van der Waals surface area contributed by atoms with Gasteiger partial charge < -0.3 is 0 Å². The number of hydrogen-bond donors (Lipinski definition) is 0. The molecule has 0 aliphatic heterocycles.